The summed E-state index contributed by atoms with van der Waals surface area (Å²) in [5.41, 5.74) is 0. The molecule has 1 fully saturated rings. The molecule has 0 spiro atoms. The Balaban J connectivity index is 1.67. The van der Waals surface area contributed by atoms with Crippen LogP contribution >= 0.6 is 0 Å². The molecule has 1 saturated carbocycles. The van der Waals surface area contributed by atoms with E-state index in [1.165, 1.54) is 0 Å². The number of aliphatic hydroxyl groups is 1. The number of carbonyl (C=O) groups excluding carboxylic acids is 1. The maximum absolute atomic E-state index is 11.8. The zero-order valence-corrected chi connectivity index (χ0v) is 11.2. The van der Waals surface area contributed by atoms with Gasteiger partial charge in [-0.25, -0.2) is 0 Å². The van der Waals surface area contributed by atoms with E-state index in [1.54, 1.807) is 18.0 Å². The van der Waals surface area contributed by atoms with E-state index in [2.05, 4.69) is 10.4 Å². The molecule has 0 aromatic carbocycles. The Hall–Kier alpha value is -1.40. The molecule has 2 rings (SSSR count). The first kappa shape index (κ1) is 14.0. The lowest BCUT2D eigenvalue weighted by Crippen LogP contribution is -2.43. The Bertz CT molecular complexity index is 394. The number of aryl methyl sites for hydroxylation is 1. The van der Waals surface area contributed by atoms with E-state index in [9.17, 15) is 9.90 Å². The number of carbonyl (C=O) groups is 1. The quantitative estimate of drug-likeness (QED) is 0.778. The molecule has 1 heterocycles. The van der Waals surface area contributed by atoms with Crippen LogP contribution in [-0.4, -0.2) is 46.2 Å². The van der Waals surface area contributed by atoms with Crippen molar-refractivity contribution in [3.05, 3.63) is 18.5 Å². The molecule has 0 radical (unpaired) electrons. The molecule has 6 nitrogen and oxygen atoms in total. The van der Waals surface area contributed by atoms with Gasteiger partial charge in [0.05, 0.1) is 12.1 Å². The molecule has 1 amide bonds. The monoisotopic (exact) mass is 267 g/mol. The van der Waals surface area contributed by atoms with Gasteiger partial charge in [0.25, 0.3) is 0 Å². The highest BCUT2D eigenvalue weighted by atomic mass is 16.5. The summed E-state index contributed by atoms with van der Waals surface area (Å²) < 4.78 is 6.96. The number of hydrogen-bond acceptors (Lipinski definition) is 4. The van der Waals surface area contributed by atoms with Gasteiger partial charge in [0.15, 0.2) is 0 Å². The molecule has 0 aliphatic heterocycles. The number of methoxy groups -OCH3 is 1. The Morgan fingerprint density at radius 1 is 1.58 bits per heavy atom. The topological polar surface area (TPSA) is 76.4 Å². The Labute approximate surface area is 112 Å². The summed E-state index contributed by atoms with van der Waals surface area (Å²) in [6.45, 7) is 0.730. The maximum atomic E-state index is 11.8. The first-order valence-electron chi connectivity index (χ1n) is 6.68. The standard InChI is InChI=1S/C13H21N3O3/c1-19-11-6-5-10(13(11)18)15-12(17)4-2-8-16-9-3-7-14-16/h3,7,9-11,13,18H,2,4-6,8H2,1H3,(H,15,17)/t10-,11-,13-/m1/s1. The highest BCUT2D eigenvalue weighted by Crippen LogP contribution is 2.22. The second kappa shape index (κ2) is 6.68. The summed E-state index contributed by atoms with van der Waals surface area (Å²) in [6, 6.07) is 1.68. The zero-order chi connectivity index (χ0) is 13.7. The largest absolute Gasteiger partial charge is 0.388 e. The van der Waals surface area contributed by atoms with Crippen LogP contribution in [-0.2, 0) is 16.1 Å². The van der Waals surface area contributed by atoms with Crippen LogP contribution in [0.3, 0.4) is 0 Å². The van der Waals surface area contributed by atoms with Crippen molar-refractivity contribution in [1.29, 1.82) is 0 Å². The predicted molar refractivity (Wildman–Crippen MR) is 69.4 cm³/mol. The van der Waals surface area contributed by atoms with Crippen LogP contribution in [0.2, 0.25) is 0 Å². The summed E-state index contributed by atoms with van der Waals surface area (Å²) in [4.78, 5) is 11.8. The molecular formula is C13H21N3O3. The van der Waals surface area contributed by atoms with Gasteiger partial charge < -0.3 is 15.2 Å². The third-order valence-corrected chi connectivity index (χ3v) is 3.55. The minimum Gasteiger partial charge on any atom is -0.388 e. The fourth-order valence-electron chi connectivity index (χ4n) is 2.47. The van der Waals surface area contributed by atoms with E-state index in [0.717, 1.165) is 25.8 Å². The van der Waals surface area contributed by atoms with Crippen molar-refractivity contribution in [2.24, 2.45) is 0 Å². The second-order valence-corrected chi connectivity index (χ2v) is 4.89. The van der Waals surface area contributed by atoms with Gasteiger partial charge in [0.1, 0.15) is 6.10 Å². The lowest BCUT2D eigenvalue weighted by atomic mass is 10.2. The van der Waals surface area contributed by atoms with Gasteiger partial charge >= 0.3 is 0 Å². The summed E-state index contributed by atoms with van der Waals surface area (Å²) in [7, 11) is 1.59. The molecule has 1 aromatic heterocycles. The molecule has 1 aromatic rings. The second-order valence-electron chi connectivity index (χ2n) is 4.89. The number of aromatic nitrogens is 2. The molecule has 2 N–H and O–H groups in total. The Kier molecular flexibility index (Phi) is 4.93. The first-order valence-corrected chi connectivity index (χ1v) is 6.68. The van der Waals surface area contributed by atoms with Crippen LogP contribution in [0.5, 0.6) is 0 Å². The van der Waals surface area contributed by atoms with Gasteiger partial charge in [-0.15, -0.1) is 0 Å². The molecule has 19 heavy (non-hydrogen) atoms. The van der Waals surface area contributed by atoms with Crippen LogP contribution in [0.15, 0.2) is 18.5 Å². The van der Waals surface area contributed by atoms with Crippen LogP contribution in [0.1, 0.15) is 25.7 Å². The van der Waals surface area contributed by atoms with E-state index in [0.29, 0.717) is 6.42 Å². The minimum absolute atomic E-state index is 0.0204. The van der Waals surface area contributed by atoms with E-state index in [4.69, 9.17) is 4.74 Å². The first-order chi connectivity index (χ1) is 9.20. The number of nitrogens with zero attached hydrogens (tertiary/aromatic N) is 2. The maximum Gasteiger partial charge on any atom is 0.220 e. The van der Waals surface area contributed by atoms with Crippen molar-refractivity contribution in [3.63, 3.8) is 0 Å². The van der Waals surface area contributed by atoms with Gasteiger partial charge in [-0.05, 0) is 25.3 Å². The number of nitrogens with one attached hydrogen (secondary N) is 1. The number of rotatable bonds is 6. The van der Waals surface area contributed by atoms with Crippen LogP contribution in [0.25, 0.3) is 0 Å². The molecule has 6 heteroatoms. The lowest BCUT2D eigenvalue weighted by molar-refractivity contribution is -0.123. The number of ether oxygens (including phenoxy) is 1. The summed E-state index contributed by atoms with van der Waals surface area (Å²) in [5, 5.41) is 16.9. The van der Waals surface area contributed by atoms with Crippen LogP contribution < -0.4 is 5.32 Å². The van der Waals surface area contributed by atoms with E-state index in [1.807, 2.05) is 12.3 Å². The molecule has 1 aliphatic carbocycles. The molecular weight excluding hydrogens is 246 g/mol. The van der Waals surface area contributed by atoms with Gasteiger partial charge in [0, 0.05) is 32.5 Å². The molecule has 3 atom stereocenters. The van der Waals surface area contributed by atoms with Gasteiger partial charge in [-0.2, -0.15) is 5.10 Å². The third kappa shape index (κ3) is 3.78. The van der Waals surface area contributed by atoms with Crippen molar-refractivity contribution in [1.82, 2.24) is 15.1 Å². The summed E-state index contributed by atoms with van der Waals surface area (Å²) >= 11 is 0. The fraction of sp³-hybridized carbons (Fsp3) is 0.692. The zero-order valence-electron chi connectivity index (χ0n) is 11.2. The minimum atomic E-state index is -0.597. The lowest BCUT2D eigenvalue weighted by Gasteiger charge is -2.19. The fourth-order valence-corrected chi connectivity index (χ4v) is 2.47. The average Bonchev–Trinajstić information content (AvgIpc) is 3.01. The predicted octanol–water partition coefficient (Wildman–Crippen LogP) is 0.318. The van der Waals surface area contributed by atoms with E-state index >= 15 is 0 Å². The molecule has 106 valence electrons. The van der Waals surface area contributed by atoms with Gasteiger partial charge in [-0.3, -0.25) is 9.48 Å². The summed E-state index contributed by atoms with van der Waals surface area (Å²) in [6.07, 6.45) is 5.59. The average molecular weight is 267 g/mol. The van der Waals surface area contributed by atoms with Crippen molar-refractivity contribution in [2.75, 3.05) is 7.11 Å². The smallest absolute Gasteiger partial charge is 0.220 e. The van der Waals surface area contributed by atoms with Crippen molar-refractivity contribution in [3.8, 4) is 0 Å². The highest BCUT2D eigenvalue weighted by molar-refractivity contribution is 5.76. The van der Waals surface area contributed by atoms with Crippen molar-refractivity contribution < 1.29 is 14.6 Å². The van der Waals surface area contributed by atoms with Gasteiger partial charge in [-0.1, -0.05) is 0 Å². The molecule has 0 bridgehead atoms. The van der Waals surface area contributed by atoms with Crippen LogP contribution in [0.4, 0.5) is 0 Å². The Morgan fingerprint density at radius 2 is 2.42 bits per heavy atom. The molecule has 0 unspecified atom stereocenters. The van der Waals surface area contributed by atoms with E-state index in [-0.39, 0.29) is 18.1 Å². The van der Waals surface area contributed by atoms with Crippen molar-refractivity contribution >= 4 is 5.91 Å². The van der Waals surface area contributed by atoms with Gasteiger partial charge in [0.2, 0.25) is 5.91 Å². The molecule has 1 aliphatic rings. The summed E-state index contributed by atoms with van der Waals surface area (Å²) in [5.74, 6) is -0.0204. The highest BCUT2D eigenvalue weighted by Gasteiger charge is 2.35. The van der Waals surface area contributed by atoms with Crippen molar-refractivity contribution in [2.45, 2.75) is 50.5 Å². The Morgan fingerprint density at radius 3 is 3.05 bits per heavy atom. The number of hydrogen-bond donors (Lipinski definition) is 2. The third-order valence-electron chi connectivity index (χ3n) is 3.55. The van der Waals surface area contributed by atoms with Crippen LogP contribution in [0, 0.1) is 0 Å². The number of aliphatic hydroxyl groups excluding tert-OH is 1. The number of amides is 1. The van der Waals surface area contributed by atoms with E-state index < -0.39 is 6.10 Å². The normalized spacial score (nSPS) is 26.5. The SMILES string of the molecule is CO[C@@H]1CC[C@@H](NC(=O)CCCn2cccn2)[C@H]1O. The molecule has 0 saturated heterocycles.